The largest absolute Gasteiger partial charge is 0.426 e. The Morgan fingerprint density at radius 1 is 1.16 bits per heavy atom. The first kappa shape index (κ1) is 22.2. The third kappa shape index (κ3) is 4.75. The van der Waals surface area contributed by atoms with Gasteiger partial charge in [0, 0.05) is 38.1 Å². The highest BCUT2D eigenvalue weighted by Crippen LogP contribution is 2.27. The molecular weight excluding hydrogens is 426 g/mol. The monoisotopic (exact) mass is 451 g/mol. The van der Waals surface area contributed by atoms with Crippen molar-refractivity contribution in [3.8, 4) is 0 Å². The van der Waals surface area contributed by atoms with Crippen molar-refractivity contribution in [1.82, 2.24) is 19.4 Å². The number of benzene rings is 1. The molecule has 0 bridgehead atoms. The molecule has 8 heteroatoms. The van der Waals surface area contributed by atoms with Crippen molar-refractivity contribution in [3.05, 3.63) is 93.4 Å². The molecule has 7 nitrogen and oxygen atoms in total. The molecule has 0 spiro atoms. The molecule has 0 aliphatic carbocycles. The van der Waals surface area contributed by atoms with Crippen LogP contribution in [-0.4, -0.2) is 32.5 Å². The summed E-state index contributed by atoms with van der Waals surface area (Å²) in [6, 6.07) is 15.2. The highest BCUT2D eigenvalue weighted by Gasteiger charge is 2.26. The van der Waals surface area contributed by atoms with E-state index in [1.165, 1.54) is 6.07 Å². The van der Waals surface area contributed by atoms with Gasteiger partial charge in [0.25, 0.3) is 5.56 Å². The van der Waals surface area contributed by atoms with Crippen LogP contribution in [0.5, 0.6) is 0 Å². The zero-order chi connectivity index (χ0) is 22.5. The summed E-state index contributed by atoms with van der Waals surface area (Å²) in [7, 11) is 0. The van der Waals surface area contributed by atoms with Gasteiger partial charge in [-0.15, -0.1) is 0 Å². The third-order valence-electron chi connectivity index (χ3n) is 5.51. The number of fused-ring (bicyclic) bond motifs is 1. The number of halogens is 1. The molecule has 3 heterocycles. The molecule has 4 rings (SSSR count). The Kier molecular flexibility index (Phi) is 6.99. The van der Waals surface area contributed by atoms with E-state index in [1.54, 1.807) is 17.0 Å². The molecular formula is C24H26ClN5O2. The molecule has 0 aliphatic rings. The Hall–Kier alpha value is -3.00. The molecule has 0 fully saturated rings. The molecule has 0 saturated carbocycles. The summed E-state index contributed by atoms with van der Waals surface area (Å²) in [4.78, 5) is 24.6. The third-order valence-corrected chi connectivity index (χ3v) is 5.70. The van der Waals surface area contributed by atoms with Gasteiger partial charge < -0.3 is 10.2 Å². The zero-order valence-electron chi connectivity index (χ0n) is 17.9. The predicted molar refractivity (Wildman–Crippen MR) is 126 cm³/mol. The summed E-state index contributed by atoms with van der Waals surface area (Å²) >= 11 is 6.07. The predicted octanol–water partition coefficient (Wildman–Crippen LogP) is 4.00. The second-order valence-corrected chi connectivity index (χ2v) is 8.03. The van der Waals surface area contributed by atoms with E-state index in [4.69, 9.17) is 26.7 Å². The van der Waals surface area contributed by atoms with Crippen LogP contribution in [0.2, 0.25) is 5.22 Å². The number of pyridine rings is 1. The number of aromatic nitrogens is 3. The van der Waals surface area contributed by atoms with Crippen molar-refractivity contribution in [2.45, 2.75) is 32.5 Å². The molecule has 0 amide bonds. The maximum Gasteiger partial charge on any atom is 0.265 e. The van der Waals surface area contributed by atoms with Crippen LogP contribution in [0, 0.1) is 0 Å². The van der Waals surface area contributed by atoms with Gasteiger partial charge in [0.1, 0.15) is 11.2 Å². The Balaban J connectivity index is 1.83. The SMILES string of the molecule is CCC(c1nc2oc(Cl)cc2c(=O)n1Cc1ccccc1)N(CCN)Cc1ccncc1. The maximum atomic E-state index is 13.5. The quantitative estimate of drug-likeness (QED) is 0.413. The fraction of sp³-hybridized carbons (Fsp3) is 0.292. The van der Waals surface area contributed by atoms with Crippen molar-refractivity contribution in [3.63, 3.8) is 0 Å². The molecule has 4 aromatic rings. The van der Waals surface area contributed by atoms with E-state index in [9.17, 15) is 4.79 Å². The maximum absolute atomic E-state index is 13.5. The number of hydrogen-bond acceptors (Lipinski definition) is 6. The highest BCUT2D eigenvalue weighted by atomic mass is 35.5. The van der Waals surface area contributed by atoms with Gasteiger partial charge in [0.2, 0.25) is 5.71 Å². The number of nitrogens with zero attached hydrogens (tertiary/aromatic N) is 4. The van der Waals surface area contributed by atoms with Gasteiger partial charge >= 0.3 is 0 Å². The Morgan fingerprint density at radius 3 is 2.59 bits per heavy atom. The Morgan fingerprint density at radius 2 is 1.91 bits per heavy atom. The lowest BCUT2D eigenvalue weighted by atomic mass is 10.1. The standard InChI is InChI=1S/C24H26ClN5O2/c1-2-20(29(13-10-26)15-18-8-11-27-12-9-18)22-28-23-19(14-21(25)32-23)24(31)30(22)16-17-6-4-3-5-7-17/h3-9,11-12,14,20H,2,10,13,15-16,26H2,1H3. The fourth-order valence-corrected chi connectivity index (χ4v) is 4.20. The zero-order valence-corrected chi connectivity index (χ0v) is 18.7. The van der Waals surface area contributed by atoms with E-state index in [-0.39, 0.29) is 22.5 Å². The summed E-state index contributed by atoms with van der Waals surface area (Å²) in [6.45, 7) is 4.29. The van der Waals surface area contributed by atoms with E-state index >= 15 is 0 Å². The molecule has 0 aliphatic heterocycles. The van der Waals surface area contributed by atoms with Crippen LogP contribution in [0.3, 0.4) is 0 Å². The topological polar surface area (TPSA) is 90.2 Å². The van der Waals surface area contributed by atoms with E-state index in [0.717, 1.165) is 17.5 Å². The van der Waals surface area contributed by atoms with Crippen LogP contribution in [0.15, 0.2) is 70.1 Å². The van der Waals surface area contributed by atoms with Crippen LogP contribution in [0.4, 0.5) is 0 Å². The first-order chi connectivity index (χ1) is 15.6. The first-order valence-electron chi connectivity index (χ1n) is 10.7. The van der Waals surface area contributed by atoms with Crippen LogP contribution in [-0.2, 0) is 13.1 Å². The van der Waals surface area contributed by atoms with Crippen molar-refractivity contribution < 1.29 is 4.42 Å². The highest BCUT2D eigenvalue weighted by molar-refractivity contribution is 6.29. The molecule has 0 radical (unpaired) electrons. The van der Waals surface area contributed by atoms with Crippen molar-refractivity contribution in [2.24, 2.45) is 5.73 Å². The van der Waals surface area contributed by atoms with E-state index in [0.29, 0.717) is 37.4 Å². The molecule has 2 N–H and O–H groups in total. The number of rotatable bonds is 9. The minimum absolute atomic E-state index is 0.142. The van der Waals surface area contributed by atoms with Crippen LogP contribution in [0.25, 0.3) is 11.1 Å². The molecule has 1 unspecified atom stereocenters. The normalized spacial score (nSPS) is 12.5. The lowest BCUT2D eigenvalue weighted by molar-refractivity contribution is 0.176. The van der Waals surface area contributed by atoms with Crippen molar-refractivity contribution in [1.29, 1.82) is 0 Å². The minimum Gasteiger partial charge on any atom is -0.426 e. The van der Waals surface area contributed by atoms with E-state index in [1.807, 2.05) is 42.5 Å². The number of nitrogens with two attached hydrogens (primary N) is 1. The summed E-state index contributed by atoms with van der Waals surface area (Å²) in [5.41, 5.74) is 8.18. The van der Waals surface area contributed by atoms with Crippen LogP contribution in [0.1, 0.15) is 36.3 Å². The lowest BCUT2D eigenvalue weighted by Gasteiger charge is -2.31. The van der Waals surface area contributed by atoms with E-state index < -0.39 is 0 Å². The lowest BCUT2D eigenvalue weighted by Crippen LogP contribution is -2.37. The molecule has 0 saturated heterocycles. The van der Waals surface area contributed by atoms with Gasteiger partial charge in [-0.25, -0.2) is 0 Å². The summed E-state index contributed by atoms with van der Waals surface area (Å²) in [5, 5.41) is 0.528. The number of furan rings is 1. The van der Waals surface area contributed by atoms with Gasteiger partial charge in [0.15, 0.2) is 5.22 Å². The smallest absolute Gasteiger partial charge is 0.265 e. The molecule has 3 aromatic heterocycles. The van der Waals surface area contributed by atoms with Gasteiger partial charge in [-0.1, -0.05) is 37.3 Å². The average Bonchev–Trinajstić information content (AvgIpc) is 3.19. The molecule has 32 heavy (non-hydrogen) atoms. The van der Waals surface area contributed by atoms with E-state index in [2.05, 4.69) is 16.8 Å². The summed E-state index contributed by atoms with van der Waals surface area (Å²) in [5.74, 6) is 0.641. The van der Waals surface area contributed by atoms with Crippen LogP contribution >= 0.6 is 11.6 Å². The average molecular weight is 452 g/mol. The van der Waals surface area contributed by atoms with Crippen LogP contribution < -0.4 is 11.3 Å². The Bertz CT molecular complexity index is 1220. The molecule has 166 valence electrons. The van der Waals surface area contributed by atoms with Gasteiger partial charge in [-0.2, -0.15) is 4.98 Å². The summed E-state index contributed by atoms with van der Waals surface area (Å²) < 4.78 is 7.27. The fourth-order valence-electron chi connectivity index (χ4n) is 4.01. The molecule has 1 aromatic carbocycles. The van der Waals surface area contributed by atoms with Gasteiger partial charge in [-0.3, -0.25) is 19.2 Å². The Labute approximate surface area is 191 Å². The number of hydrogen-bond donors (Lipinski definition) is 1. The van der Waals surface area contributed by atoms with Crippen molar-refractivity contribution >= 4 is 22.7 Å². The first-order valence-corrected chi connectivity index (χ1v) is 11.0. The van der Waals surface area contributed by atoms with Gasteiger partial charge in [-0.05, 0) is 41.3 Å². The second-order valence-electron chi connectivity index (χ2n) is 7.65. The second kappa shape index (κ2) is 10.1. The minimum atomic E-state index is -0.167. The summed E-state index contributed by atoms with van der Waals surface area (Å²) in [6.07, 6.45) is 4.29. The van der Waals surface area contributed by atoms with Gasteiger partial charge in [0.05, 0.1) is 12.6 Å². The molecule has 1 atom stereocenters. The van der Waals surface area contributed by atoms with Crippen molar-refractivity contribution in [2.75, 3.05) is 13.1 Å².